The molecule has 0 aliphatic heterocycles. The molecule has 2 aromatic rings. The number of hydrogen-bond acceptors (Lipinski definition) is 1. The zero-order chi connectivity index (χ0) is 13.1. The molecule has 0 radical (unpaired) electrons. The number of aryl methyl sites for hydroxylation is 3. The van der Waals surface area contributed by atoms with Gasteiger partial charge in [-0.15, -0.1) is 11.6 Å². The fraction of sp³-hybridized carbons (Fsp3) is 0.250. The Morgan fingerprint density at radius 2 is 1.50 bits per heavy atom. The van der Waals surface area contributed by atoms with Gasteiger partial charge in [0.1, 0.15) is 11.5 Å². The Bertz CT molecular complexity index is 544. The van der Waals surface area contributed by atoms with Gasteiger partial charge in [-0.05, 0) is 61.2 Å². The van der Waals surface area contributed by atoms with Crippen LogP contribution in [0.25, 0.3) is 0 Å². The Labute approximate surface area is 113 Å². The fourth-order valence-corrected chi connectivity index (χ4v) is 2.00. The van der Waals surface area contributed by atoms with E-state index in [2.05, 4.69) is 32.9 Å². The van der Waals surface area contributed by atoms with Gasteiger partial charge in [0.2, 0.25) is 0 Å². The molecule has 0 bridgehead atoms. The van der Waals surface area contributed by atoms with Gasteiger partial charge >= 0.3 is 0 Å². The third-order valence-corrected chi connectivity index (χ3v) is 3.41. The fourth-order valence-electron chi connectivity index (χ4n) is 1.82. The van der Waals surface area contributed by atoms with Crippen molar-refractivity contribution < 1.29 is 4.74 Å². The van der Waals surface area contributed by atoms with Gasteiger partial charge in [-0.1, -0.05) is 18.2 Å². The van der Waals surface area contributed by atoms with Gasteiger partial charge in [0, 0.05) is 5.88 Å². The maximum atomic E-state index is 5.90. The third-order valence-electron chi connectivity index (χ3n) is 3.10. The van der Waals surface area contributed by atoms with Gasteiger partial charge in [0.15, 0.2) is 0 Å². The minimum Gasteiger partial charge on any atom is -0.457 e. The highest BCUT2D eigenvalue weighted by Gasteiger charge is 2.04. The van der Waals surface area contributed by atoms with Gasteiger partial charge in [0.05, 0.1) is 0 Å². The molecule has 94 valence electrons. The van der Waals surface area contributed by atoms with Crippen molar-refractivity contribution in [1.82, 2.24) is 0 Å². The summed E-state index contributed by atoms with van der Waals surface area (Å²) >= 11 is 5.76. The Morgan fingerprint density at radius 1 is 0.889 bits per heavy atom. The van der Waals surface area contributed by atoms with Gasteiger partial charge in [-0.3, -0.25) is 0 Å². The molecule has 2 rings (SSSR count). The zero-order valence-corrected chi connectivity index (χ0v) is 11.7. The quantitative estimate of drug-likeness (QED) is 0.694. The molecule has 0 atom stereocenters. The predicted molar refractivity (Wildman–Crippen MR) is 76.7 cm³/mol. The first-order valence-electron chi connectivity index (χ1n) is 6.01. The predicted octanol–water partition coefficient (Wildman–Crippen LogP) is 5.14. The van der Waals surface area contributed by atoms with Crippen LogP contribution in [-0.2, 0) is 5.88 Å². The van der Waals surface area contributed by atoms with E-state index in [1.807, 2.05) is 24.3 Å². The molecule has 2 aromatic carbocycles. The lowest BCUT2D eigenvalue weighted by Crippen LogP contribution is -1.91. The molecule has 0 heterocycles. The first kappa shape index (κ1) is 13.0. The SMILES string of the molecule is Cc1cc(C)c(Oc2ccc(CCl)cc2)cc1C. The van der Waals surface area contributed by atoms with E-state index in [-0.39, 0.29) is 0 Å². The smallest absolute Gasteiger partial charge is 0.130 e. The van der Waals surface area contributed by atoms with Crippen LogP contribution in [0.4, 0.5) is 0 Å². The van der Waals surface area contributed by atoms with E-state index >= 15 is 0 Å². The summed E-state index contributed by atoms with van der Waals surface area (Å²) < 4.78 is 5.90. The summed E-state index contributed by atoms with van der Waals surface area (Å²) in [6.45, 7) is 6.27. The third kappa shape index (κ3) is 2.85. The van der Waals surface area contributed by atoms with Crippen molar-refractivity contribution in [3.8, 4) is 11.5 Å². The summed E-state index contributed by atoms with van der Waals surface area (Å²) in [5.41, 5.74) is 4.78. The molecule has 0 spiro atoms. The van der Waals surface area contributed by atoms with Crippen molar-refractivity contribution in [2.75, 3.05) is 0 Å². The summed E-state index contributed by atoms with van der Waals surface area (Å²) in [7, 11) is 0. The maximum absolute atomic E-state index is 5.90. The van der Waals surface area contributed by atoms with Crippen LogP contribution in [0.3, 0.4) is 0 Å². The van der Waals surface area contributed by atoms with Gasteiger partial charge < -0.3 is 4.74 Å². The topological polar surface area (TPSA) is 9.23 Å². The monoisotopic (exact) mass is 260 g/mol. The highest BCUT2D eigenvalue weighted by molar-refractivity contribution is 6.17. The van der Waals surface area contributed by atoms with Crippen LogP contribution in [0.5, 0.6) is 11.5 Å². The maximum Gasteiger partial charge on any atom is 0.130 e. The molecule has 18 heavy (non-hydrogen) atoms. The van der Waals surface area contributed by atoms with Crippen LogP contribution in [0.1, 0.15) is 22.3 Å². The first-order chi connectivity index (χ1) is 8.60. The number of halogens is 1. The van der Waals surface area contributed by atoms with E-state index in [0.717, 1.165) is 22.6 Å². The Kier molecular flexibility index (Phi) is 3.93. The van der Waals surface area contributed by atoms with Crippen molar-refractivity contribution in [2.45, 2.75) is 26.7 Å². The highest BCUT2D eigenvalue weighted by atomic mass is 35.5. The molecule has 0 saturated heterocycles. The van der Waals surface area contributed by atoms with E-state index < -0.39 is 0 Å². The average molecular weight is 261 g/mol. The van der Waals surface area contributed by atoms with E-state index in [1.54, 1.807) is 0 Å². The Hall–Kier alpha value is -1.47. The van der Waals surface area contributed by atoms with E-state index in [9.17, 15) is 0 Å². The largest absolute Gasteiger partial charge is 0.457 e. The van der Waals surface area contributed by atoms with E-state index in [1.165, 1.54) is 11.1 Å². The molecule has 0 fully saturated rings. The van der Waals surface area contributed by atoms with Crippen molar-refractivity contribution in [3.05, 3.63) is 58.7 Å². The number of rotatable bonds is 3. The lowest BCUT2D eigenvalue weighted by molar-refractivity contribution is 0.478. The molecule has 0 aliphatic carbocycles. The molecule has 0 aliphatic rings. The molecule has 0 N–H and O–H groups in total. The molecular formula is C16H17ClO. The van der Waals surface area contributed by atoms with Crippen molar-refractivity contribution >= 4 is 11.6 Å². The minimum atomic E-state index is 0.531. The molecule has 0 unspecified atom stereocenters. The lowest BCUT2D eigenvalue weighted by Gasteiger charge is -2.11. The second kappa shape index (κ2) is 5.45. The zero-order valence-electron chi connectivity index (χ0n) is 11.0. The van der Waals surface area contributed by atoms with Crippen molar-refractivity contribution in [2.24, 2.45) is 0 Å². The van der Waals surface area contributed by atoms with Gasteiger partial charge in [-0.2, -0.15) is 0 Å². The molecular weight excluding hydrogens is 244 g/mol. The molecule has 0 aromatic heterocycles. The van der Waals surface area contributed by atoms with Crippen LogP contribution in [0, 0.1) is 20.8 Å². The summed E-state index contributed by atoms with van der Waals surface area (Å²) in [4.78, 5) is 0. The molecule has 0 saturated carbocycles. The number of benzene rings is 2. The van der Waals surface area contributed by atoms with Crippen LogP contribution in [0.15, 0.2) is 36.4 Å². The lowest BCUT2D eigenvalue weighted by atomic mass is 10.1. The average Bonchev–Trinajstić information content (AvgIpc) is 2.37. The number of hydrogen-bond donors (Lipinski definition) is 0. The number of ether oxygens (including phenoxy) is 1. The summed E-state index contributed by atoms with van der Waals surface area (Å²) in [5.74, 6) is 2.29. The second-order valence-electron chi connectivity index (χ2n) is 4.58. The van der Waals surface area contributed by atoms with Crippen molar-refractivity contribution in [1.29, 1.82) is 0 Å². The minimum absolute atomic E-state index is 0.531. The normalized spacial score (nSPS) is 10.4. The van der Waals surface area contributed by atoms with Crippen LogP contribution in [0.2, 0.25) is 0 Å². The van der Waals surface area contributed by atoms with Gasteiger partial charge in [0.25, 0.3) is 0 Å². The Balaban J connectivity index is 2.25. The number of alkyl halides is 1. The molecule has 1 nitrogen and oxygen atoms in total. The second-order valence-corrected chi connectivity index (χ2v) is 4.85. The standard InChI is InChI=1S/C16H17ClO/c1-11-8-13(3)16(9-12(11)2)18-15-6-4-14(10-17)5-7-15/h4-9H,10H2,1-3H3. The van der Waals surface area contributed by atoms with Crippen LogP contribution in [-0.4, -0.2) is 0 Å². The van der Waals surface area contributed by atoms with Crippen molar-refractivity contribution in [3.63, 3.8) is 0 Å². The van der Waals surface area contributed by atoms with Crippen LogP contribution < -0.4 is 4.74 Å². The summed E-state index contributed by atoms with van der Waals surface area (Å²) in [5, 5.41) is 0. The first-order valence-corrected chi connectivity index (χ1v) is 6.54. The summed E-state index contributed by atoms with van der Waals surface area (Å²) in [6, 6.07) is 12.1. The van der Waals surface area contributed by atoms with E-state index in [0.29, 0.717) is 5.88 Å². The Morgan fingerprint density at radius 3 is 2.11 bits per heavy atom. The highest BCUT2D eigenvalue weighted by Crippen LogP contribution is 2.28. The summed E-state index contributed by atoms with van der Waals surface area (Å²) in [6.07, 6.45) is 0. The molecule has 2 heteroatoms. The van der Waals surface area contributed by atoms with Crippen LogP contribution >= 0.6 is 11.6 Å². The van der Waals surface area contributed by atoms with Gasteiger partial charge in [-0.25, -0.2) is 0 Å². The van der Waals surface area contributed by atoms with E-state index in [4.69, 9.17) is 16.3 Å². The molecule has 0 amide bonds.